The van der Waals surface area contributed by atoms with Crippen molar-refractivity contribution >= 4 is 17.9 Å². The normalized spacial score (nSPS) is 17.6. The van der Waals surface area contributed by atoms with Crippen molar-refractivity contribution in [2.45, 2.75) is 45.1 Å². The zero-order valence-corrected chi connectivity index (χ0v) is 11.8. The molecule has 0 aromatic carbocycles. The summed E-state index contributed by atoms with van der Waals surface area (Å²) in [7, 11) is 0. The van der Waals surface area contributed by atoms with E-state index in [2.05, 4.69) is 5.32 Å². The molecular formula is C13H23N3O4. The number of nitrogens with one attached hydrogen (secondary N) is 1. The Hall–Kier alpha value is -1.79. The Kier molecular flexibility index (Phi) is 6.27. The molecule has 0 saturated carbocycles. The zero-order valence-electron chi connectivity index (χ0n) is 11.8. The van der Waals surface area contributed by atoms with Crippen LogP contribution in [0.1, 0.15) is 39.0 Å². The van der Waals surface area contributed by atoms with Gasteiger partial charge >= 0.3 is 12.0 Å². The largest absolute Gasteiger partial charge is 0.480 e. The molecule has 1 fully saturated rings. The number of carboxylic acids is 1. The fourth-order valence-corrected chi connectivity index (χ4v) is 2.41. The van der Waals surface area contributed by atoms with Crippen molar-refractivity contribution in [3.63, 3.8) is 0 Å². The third-order valence-electron chi connectivity index (χ3n) is 3.56. The highest BCUT2D eigenvalue weighted by molar-refractivity contribution is 5.82. The number of carbonyl (C=O) groups excluding carboxylic acids is 2. The molecule has 0 bridgehead atoms. The molecule has 1 saturated heterocycles. The number of carboxylic acid groups (broad SMARTS) is 1. The molecular weight excluding hydrogens is 262 g/mol. The summed E-state index contributed by atoms with van der Waals surface area (Å²) in [5.41, 5.74) is 5.15. The van der Waals surface area contributed by atoms with Gasteiger partial charge in [-0.05, 0) is 25.2 Å². The highest BCUT2D eigenvalue weighted by Gasteiger charge is 2.26. The number of piperidine rings is 1. The molecule has 0 radical (unpaired) electrons. The van der Waals surface area contributed by atoms with E-state index in [0.29, 0.717) is 32.4 Å². The molecule has 0 unspecified atom stereocenters. The summed E-state index contributed by atoms with van der Waals surface area (Å²) in [5.74, 6) is -1.10. The van der Waals surface area contributed by atoms with E-state index in [1.54, 1.807) is 4.90 Å². The predicted molar refractivity (Wildman–Crippen MR) is 73.0 cm³/mol. The average Bonchev–Trinajstić information content (AvgIpc) is 2.38. The second-order valence-corrected chi connectivity index (χ2v) is 5.23. The first-order valence-electron chi connectivity index (χ1n) is 7.00. The van der Waals surface area contributed by atoms with Gasteiger partial charge in [0.15, 0.2) is 0 Å². The Morgan fingerprint density at radius 3 is 2.40 bits per heavy atom. The van der Waals surface area contributed by atoms with Crippen LogP contribution in [0.5, 0.6) is 0 Å². The van der Waals surface area contributed by atoms with E-state index in [9.17, 15) is 14.4 Å². The van der Waals surface area contributed by atoms with Gasteiger partial charge in [-0.2, -0.15) is 0 Å². The quantitative estimate of drug-likeness (QED) is 0.661. The molecule has 1 aliphatic rings. The minimum atomic E-state index is -1.01. The lowest BCUT2D eigenvalue weighted by atomic mass is 9.93. The first-order chi connectivity index (χ1) is 9.43. The van der Waals surface area contributed by atoms with Gasteiger partial charge in [0.05, 0.1) is 0 Å². The highest BCUT2D eigenvalue weighted by Crippen LogP contribution is 2.20. The van der Waals surface area contributed by atoms with E-state index >= 15 is 0 Å². The number of carbonyl (C=O) groups is 3. The predicted octanol–water partition coefficient (Wildman–Crippen LogP) is 0.537. The molecule has 0 spiro atoms. The third-order valence-corrected chi connectivity index (χ3v) is 3.56. The number of primary amides is 1. The van der Waals surface area contributed by atoms with Gasteiger partial charge in [0.25, 0.3) is 0 Å². The van der Waals surface area contributed by atoms with Crippen LogP contribution >= 0.6 is 0 Å². The van der Waals surface area contributed by atoms with Crippen LogP contribution in [0.2, 0.25) is 0 Å². The van der Waals surface area contributed by atoms with E-state index < -0.39 is 12.0 Å². The Morgan fingerprint density at radius 2 is 1.95 bits per heavy atom. The van der Waals surface area contributed by atoms with Gasteiger partial charge in [-0.1, -0.05) is 13.3 Å². The maximum atomic E-state index is 12.0. The molecule has 1 aliphatic heterocycles. The van der Waals surface area contributed by atoms with Crippen LogP contribution in [-0.4, -0.2) is 47.0 Å². The molecule has 1 heterocycles. The zero-order chi connectivity index (χ0) is 15.1. The van der Waals surface area contributed by atoms with E-state index in [1.165, 1.54) is 0 Å². The van der Waals surface area contributed by atoms with Crippen LogP contribution in [0.15, 0.2) is 0 Å². The van der Waals surface area contributed by atoms with Gasteiger partial charge in [-0.25, -0.2) is 9.59 Å². The van der Waals surface area contributed by atoms with Crippen molar-refractivity contribution in [3.8, 4) is 0 Å². The second-order valence-electron chi connectivity index (χ2n) is 5.23. The Balaban J connectivity index is 2.42. The molecule has 0 aliphatic carbocycles. The van der Waals surface area contributed by atoms with Crippen LogP contribution < -0.4 is 11.1 Å². The first-order valence-corrected chi connectivity index (χ1v) is 7.00. The van der Waals surface area contributed by atoms with Crippen molar-refractivity contribution in [1.82, 2.24) is 10.2 Å². The maximum Gasteiger partial charge on any atom is 0.326 e. The van der Waals surface area contributed by atoms with Crippen molar-refractivity contribution in [2.24, 2.45) is 11.7 Å². The summed E-state index contributed by atoms with van der Waals surface area (Å²) >= 11 is 0. The third kappa shape index (κ3) is 5.07. The molecule has 0 aromatic rings. The monoisotopic (exact) mass is 285 g/mol. The van der Waals surface area contributed by atoms with Gasteiger partial charge in [-0.3, -0.25) is 4.79 Å². The van der Waals surface area contributed by atoms with Crippen molar-refractivity contribution in [1.29, 1.82) is 0 Å². The smallest absolute Gasteiger partial charge is 0.326 e. The maximum absolute atomic E-state index is 12.0. The fourth-order valence-electron chi connectivity index (χ4n) is 2.41. The van der Waals surface area contributed by atoms with Crippen LogP contribution in [-0.2, 0) is 9.59 Å². The number of rotatable bonds is 6. The molecule has 0 aromatic heterocycles. The molecule has 3 amide bonds. The molecule has 1 rings (SSSR count). The number of nitrogens with two attached hydrogens (primary N) is 1. The molecule has 4 N–H and O–H groups in total. The van der Waals surface area contributed by atoms with Crippen molar-refractivity contribution in [3.05, 3.63) is 0 Å². The van der Waals surface area contributed by atoms with Crippen LogP contribution in [0.3, 0.4) is 0 Å². The van der Waals surface area contributed by atoms with Crippen LogP contribution in [0, 0.1) is 5.92 Å². The number of amides is 3. The van der Waals surface area contributed by atoms with Crippen LogP contribution in [0.4, 0.5) is 4.79 Å². The summed E-state index contributed by atoms with van der Waals surface area (Å²) in [6.45, 7) is 2.93. The van der Waals surface area contributed by atoms with E-state index in [0.717, 1.165) is 12.8 Å². The Morgan fingerprint density at radius 1 is 1.35 bits per heavy atom. The first kappa shape index (κ1) is 16.3. The lowest BCUT2D eigenvalue weighted by Crippen LogP contribution is -2.50. The average molecular weight is 285 g/mol. The molecule has 1 atom stereocenters. The molecule has 114 valence electrons. The van der Waals surface area contributed by atoms with E-state index in [-0.39, 0.29) is 17.9 Å². The van der Waals surface area contributed by atoms with Crippen LogP contribution in [0.25, 0.3) is 0 Å². The van der Waals surface area contributed by atoms with Crippen molar-refractivity contribution < 1.29 is 19.5 Å². The fraction of sp³-hybridized carbons (Fsp3) is 0.769. The van der Waals surface area contributed by atoms with E-state index in [1.807, 2.05) is 6.92 Å². The minimum Gasteiger partial charge on any atom is -0.480 e. The summed E-state index contributed by atoms with van der Waals surface area (Å²) in [6, 6.07) is -1.18. The topological polar surface area (TPSA) is 113 Å². The van der Waals surface area contributed by atoms with Gasteiger partial charge in [0, 0.05) is 19.5 Å². The number of urea groups is 1. The molecule has 7 heteroatoms. The lowest BCUT2D eigenvalue weighted by Gasteiger charge is -2.32. The lowest BCUT2D eigenvalue weighted by molar-refractivity contribution is -0.139. The standard InChI is InChI=1S/C13H23N3O4/c1-2-3-10(12(18)19)15-13(20)16-6-4-9(5-7-16)8-11(14)17/h9-10H,2-8H2,1H3,(H2,14,17)(H,15,20)(H,18,19)/t10-/m1/s1. The number of hydrogen-bond donors (Lipinski definition) is 3. The Bertz CT molecular complexity index is 365. The van der Waals surface area contributed by atoms with Gasteiger partial charge in [0.1, 0.15) is 6.04 Å². The number of aliphatic carboxylic acids is 1. The minimum absolute atomic E-state index is 0.225. The summed E-state index contributed by atoms with van der Waals surface area (Å²) in [6.07, 6.45) is 2.91. The highest BCUT2D eigenvalue weighted by atomic mass is 16.4. The summed E-state index contributed by atoms with van der Waals surface area (Å²) < 4.78 is 0. The van der Waals surface area contributed by atoms with Crippen molar-refractivity contribution in [2.75, 3.05) is 13.1 Å². The van der Waals surface area contributed by atoms with Gasteiger partial charge in [-0.15, -0.1) is 0 Å². The Labute approximate surface area is 118 Å². The SMILES string of the molecule is CCC[C@@H](NC(=O)N1CCC(CC(N)=O)CC1)C(=O)O. The number of nitrogens with zero attached hydrogens (tertiary/aromatic N) is 1. The number of likely N-dealkylation sites (tertiary alicyclic amines) is 1. The number of hydrogen-bond acceptors (Lipinski definition) is 3. The summed E-state index contributed by atoms with van der Waals surface area (Å²) in [5, 5.41) is 11.5. The molecule has 20 heavy (non-hydrogen) atoms. The second kappa shape index (κ2) is 7.72. The van der Waals surface area contributed by atoms with Gasteiger partial charge < -0.3 is 21.1 Å². The van der Waals surface area contributed by atoms with E-state index in [4.69, 9.17) is 10.8 Å². The summed E-state index contributed by atoms with van der Waals surface area (Å²) in [4.78, 5) is 35.4. The molecule has 7 nitrogen and oxygen atoms in total. The van der Waals surface area contributed by atoms with Gasteiger partial charge in [0.2, 0.25) is 5.91 Å².